The van der Waals surface area contributed by atoms with E-state index in [4.69, 9.17) is 9.26 Å². The molecule has 1 saturated heterocycles. The number of hydrogen-bond donors (Lipinski definition) is 1. The molecule has 2 aromatic carbocycles. The van der Waals surface area contributed by atoms with Crippen LogP contribution in [0.4, 0.5) is 8.78 Å². The highest BCUT2D eigenvalue weighted by Crippen LogP contribution is 2.27. The number of β-amino-alcohol motifs (C(OH)–C–C–N with tert-alkyl or cyclic N) is 1. The number of ether oxygens (including phenoxy) is 1. The van der Waals surface area contributed by atoms with Crippen LogP contribution in [0.2, 0.25) is 0 Å². The number of piperidine rings is 1. The van der Waals surface area contributed by atoms with Crippen LogP contribution in [0.5, 0.6) is 5.75 Å². The van der Waals surface area contributed by atoms with Crippen LogP contribution in [0, 0.1) is 11.6 Å². The third kappa shape index (κ3) is 5.20. The Bertz CT molecular complexity index is 947. The molecule has 2 unspecified atom stereocenters. The predicted octanol–water partition coefficient (Wildman–Crippen LogP) is 3.63. The van der Waals surface area contributed by atoms with Gasteiger partial charge in [-0.15, -0.1) is 0 Å². The number of hydrogen-bond acceptors (Lipinski definition) is 6. The van der Waals surface area contributed by atoms with Crippen molar-refractivity contribution in [3.05, 3.63) is 66.1 Å². The Morgan fingerprint density at radius 2 is 1.80 bits per heavy atom. The summed E-state index contributed by atoms with van der Waals surface area (Å²) in [6.45, 7) is 2.14. The molecule has 8 heteroatoms. The van der Waals surface area contributed by atoms with Gasteiger partial charge in [0.1, 0.15) is 30.1 Å². The number of benzene rings is 2. The minimum absolute atomic E-state index is 0.0747. The summed E-state index contributed by atoms with van der Waals surface area (Å²) in [6, 6.07) is 11.7. The van der Waals surface area contributed by atoms with E-state index in [0.29, 0.717) is 36.1 Å². The van der Waals surface area contributed by atoms with E-state index < -0.39 is 6.10 Å². The molecule has 0 saturated carbocycles. The van der Waals surface area contributed by atoms with Crippen LogP contribution in [0.3, 0.4) is 0 Å². The molecule has 30 heavy (non-hydrogen) atoms. The second kappa shape index (κ2) is 9.32. The lowest BCUT2D eigenvalue weighted by atomic mass is 9.97. The molecular formula is C22H23F2N3O3. The molecule has 1 N–H and O–H groups in total. The second-order valence-electron chi connectivity index (χ2n) is 7.48. The number of aliphatic hydroxyl groups is 1. The standard InChI is InChI=1S/C22H23F2N3O3/c23-17-5-3-15(4-6-17)21-25-22(30-26-21)16-2-1-11-27(12-16)13-19(28)14-29-20-9-7-18(24)8-10-20/h3-10,16,19,28H,1-2,11-14H2. The minimum atomic E-state index is -0.675. The maximum Gasteiger partial charge on any atom is 0.231 e. The molecule has 0 aliphatic carbocycles. The maximum atomic E-state index is 13.1. The predicted molar refractivity (Wildman–Crippen MR) is 106 cm³/mol. The molecule has 158 valence electrons. The first-order chi connectivity index (χ1) is 14.6. The highest BCUT2D eigenvalue weighted by molar-refractivity contribution is 5.53. The SMILES string of the molecule is OC(COc1ccc(F)cc1)CN1CCCC(c2nc(-c3ccc(F)cc3)no2)C1. The van der Waals surface area contributed by atoms with Crippen LogP contribution in [-0.2, 0) is 0 Å². The number of rotatable bonds is 7. The average Bonchev–Trinajstić information content (AvgIpc) is 3.24. The van der Waals surface area contributed by atoms with Gasteiger partial charge in [0.25, 0.3) is 0 Å². The van der Waals surface area contributed by atoms with Gasteiger partial charge < -0.3 is 14.4 Å². The minimum Gasteiger partial charge on any atom is -0.491 e. The van der Waals surface area contributed by atoms with Crippen molar-refractivity contribution in [2.24, 2.45) is 0 Å². The Balaban J connectivity index is 1.31. The Hall–Kier alpha value is -2.84. The summed E-state index contributed by atoms with van der Waals surface area (Å²) in [6.07, 6.45) is 1.19. The topological polar surface area (TPSA) is 71.6 Å². The van der Waals surface area contributed by atoms with Crippen LogP contribution in [0.1, 0.15) is 24.7 Å². The van der Waals surface area contributed by atoms with Crippen molar-refractivity contribution in [3.63, 3.8) is 0 Å². The first-order valence-electron chi connectivity index (χ1n) is 9.95. The smallest absolute Gasteiger partial charge is 0.231 e. The molecule has 0 bridgehead atoms. The van der Waals surface area contributed by atoms with Crippen LogP contribution in [-0.4, -0.2) is 52.5 Å². The van der Waals surface area contributed by atoms with Crippen molar-refractivity contribution < 1.29 is 23.1 Å². The van der Waals surface area contributed by atoms with Gasteiger partial charge in [-0.25, -0.2) is 8.78 Å². The van der Waals surface area contributed by atoms with E-state index in [1.165, 1.54) is 36.4 Å². The van der Waals surface area contributed by atoms with Crippen molar-refractivity contribution in [1.29, 1.82) is 0 Å². The van der Waals surface area contributed by atoms with Crippen LogP contribution >= 0.6 is 0 Å². The number of aromatic nitrogens is 2. The number of aliphatic hydroxyl groups excluding tert-OH is 1. The fourth-order valence-corrected chi connectivity index (χ4v) is 3.61. The highest BCUT2D eigenvalue weighted by atomic mass is 19.1. The Morgan fingerprint density at radius 3 is 2.53 bits per heavy atom. The van der Waals surface area contributed by atoms with Gasteiger partial charge in [-0.2, -0.15) is 4.98 Å². The van der Waals surface area contributed by atoms with E-state index >= 15 is 0 Å². The van der Waals surface area contributed by atoms with Gasteiger partial charge in [-0.1, -0.05) is 5.16 Å². The van der Waals surface area contributed by atoms with E-state index in [2.05, 4.69) is 15.0 Å². The van der Waals surface area contributed by atoms with Crippen LogP contribution in [0.15, 0.2) is 53.1 Å². The molecule has 0 amide bonds. The number of halogens is 2. The summed E-state index contributed by atoms with van der Waals surface area (Å²) in [4.78, 5) is 6.63. The van der Waals surface area contributed by atoms with Crippen LogP contribution in [0.25, 0.3) is 11.4 Å². The van der Waals surface area contributed by atoms with Gasteiger partial charge in [0.05, 0.1) is 5.92 Å². The summed E-state index contributed by atoms with van der Waals surface area (Å²) < 4.78 is 37.0. The molecule has 1 aliphatic heterocycles. The molecule has 1 aliphatic rings. The van der Waals surface area contributed by atoms with Crippen molar-refractivity contribution in [2.75, 3.05) is 26.2 Å². The largest absolute Gasteiger partial charge is 0.491 e. The molecule has 1 fully saturated rings. The Labute approximate surface area is 173 Å². The molecule has 4 rings (SSSR count). The molecular weight excluding hydrogens is 392 g/mol. The zero-order valence-electron chi connectivity index (χ0n) is 16.4. The van der Waals surface area contributed by atoms with E-state index in [1.54, 1.807) is 12.1 Å². The highest BCUT2D eigenvalue weighted by Gasteiger charge is 2.27. The van der Waals surface area contributed by atoms with Gasteiger partial charge in [0.15, 0.2) is 0 Å². The van der Waals surface area contributed by atoms with Gasteiger partial charge >= 0.3 is 0 Å². The molecule has 3 aromatic rings. The van der Waals surface area contributed by atoms with E-state index in [-0.39, 0.29) is 24.2 Å². The molecule has 6 nitrogen and oxygen atoms in total. The number of nitrogens with zero attached hydrogens (tertiary/aromatic N) is 3. The lowest BCUT2D eigenvalue weighted by Gasteiger charge is -2.32. The fourth-order valence-electron chi connectivity index (χ4n) is 3.61. The molecule has 0 radical (unpaired) electrons. The molecule has 2 heterocycles. The monoisotopic (exact) mass is 415 g/mol. The van der Waals surface area contributed by atoms with Crippen molar-refractivity contribution >= 4 is 0 Å². The van der Waals surface area contributed by atoms with Crippen LogP contribution < -0.4 is 4.74 Å². The third-order valence-corrected chi connectivity index (χ3v) is 5.12. The van der Waals surface area contributed by atoms with E-state index in [9.17, 15) is 13.9 Å². The summed E-state index contributed by atoms with van der Waals surface area (Å²) in [5.41, 5.74) is 0.701. The van der Waals surface area contributed by atoms with E-state index in [1.807, 2.05) is 0 Å². The lowest BCUT2D eigenvalue weighted by Crippen LogP contribution is -2.41. The molecule has 2 atom stereocenters. The fraction of sp³-hybridized carbons (Fsp3) is 0.364. The first kappa shape index (κ1) is 20.4. The Kier molecular flexibility index (Phi) is 6.35. The zero-order chi connectivity index (χ0) is 20.9. The second-order valence-corrected chi connectivity index (χ2v) is 7.48. The summed E-state index contributed by atoms with van der Waals surface area (Å²) in [5.74, 6) is 0.945. The number of likely N-dealkylation sites (tertiary alicyclic amines) is 1. The van der Waals surface area contributed by atoms with Gasteiger partial charge in [0.2, 0.25) is 11.7 Å². The first-order valence-corrected chi connectivity index (χ1v) is 9.95. The zero-order valence-corrected chi connectivity index (χ0v) is 16.4. The molecule has 0 spiro atoms. The molecule has 1 aromatic heterocycles. The quantitative estimate of drug-likeness (QED) is 0.635. The lowest BCUT2D eigenvalue weighted by molar-refractivity contribution is 0.0561. The third-order valence-electron chi connectivity index (χ3n) is 5.12. The average molecular weight is 415 g/mol. The summed E-state index contributed by atoms with van der Waals surface area (Å²) >= 11 is 0. The summed E-state index contributed by atoms with van der Waals surface area (Å²) in [7, 11) is 0. The summed E-state index contributed by atoms with van der Waals surface area (Å²) in [5, 5.41) is 14.3. The van der Waals surface area contributed by atoms with Gasteiger partial charge in [-0.3, -0.25) is 4.90 Å². The van der Waals surface area contributed by atoms with Crippen molar-refractivity contribution in [1.82, 2.24) is 15.0 Å². The van der Waals surface area contributed by atoms with Crippen molar-refractivity contribution in [3.8, 4) is 17.1 Å². The normalized spacial score (nSPS) is 18.3. The van der Waals surface area contributed by atoms with Gasteiger partial charge in [-0.05, 0) is 67.9 Å². The van der Waals surface area contributed by atoms with E-state index in [0.717, 1.165) is 19.4 Å². The Morgan fingerprint density at radius 1 is 1.10 bits per heavy atom. The maximum absolute atomic E-state index is 13.1. The van der Waals surface area contributed by atoms with Crippen molar-refractivity contribution in [2.45, 2.75) is 24.9 Å². The van der Waals surface area contributed by atoms with Gasteiger partial charge in [0, 0.05) is 18.7 Å².